The van der Waals surface area contributed by atoms with Gasteiger partial charge in [0.1, 0.15) is 0 Å². The lowest BCUT2D eigenvalue weighted by molar-refractivity contribution is -0.145. The van der Waals surface area contributed by atoms with Gasteiger partial charge in [0.25, 0.3) is 0 Å². The molecule has 0 radical (unpaired) electrons. The van der Waals surface area contributed by atoms with E-state index < -0.39 is 23.2 Å². The van der Waals surface area contributed by atoms with E-state index in [0.717, 1.165) is 23.9 Å². The van der Waals surface area contributed by atoms with Gasteiger partial charge in [-0.1, -0.05) is 0 Å². The van der Waals surface area contributed by atoms with E-state index in [1.54, 1.807) is 0 Å². The third-order valence-corrected chi connectivity index (χ3v) is 5.34. The van der Waals surface area contributed by atoms with Gasteiger partial charge < -0.3 is 0 Å². The Balaban J connectivity index is 1.78. The molecule has 0 saturated heterocycles. The van der Waals surface area contributed by atoms with Gasteiger partial charge in [0.2, 0.25) is 5.82 Å². The second-order valence-electron chi connectivity index (χ2n) is 6.83. The zero-order valence-electron chi connectivity index (χ0n) is 10.9. The fourth-order valence-electron chi connectivity index (χ4n) is 5.10. The molecular formula is C13H16F3N3O. The van der Waals surface area contributed by atoms with Crippen LogP contribution in [0.3, 0.4) is 0 Å². The van der Waals surface area contributed by atoms with E-state index in [0.29, 0.717) is 17.8 Å². The average molecular weight is 287 g/mol. The first kappa shape index (κ1) is 12.5. The summed E-state index contributed by atoms with van der Waals surface area (Å²) in [7, 11) is 0. The summed E-state index contributed by atoms with van der Waals surface area (Å²) >= 11 is 0. The molecule has 4 nitrogen and oxygen atoms in total. The van der Waals surface area contributed by atoms with Gasteiger partial charge in [-0.15, -0.1) is 5.10 Å². The van der Waals surface area contributed by atoms with Crippen molar-refractivity contribution in [1.29, 1.82) is 0 Å². The van der Waals surface area contributed by atoms with Crippen LogP contribution in [0.1, 0.15) is 44.3 Å². The number of rotatable bonds is 1. The van der Waals surface area contributed by atoms with E-state index in [2.05, 4.69) is 5.10 Å². The highest BCUT2D eigenvalue weighted by Crippen LogP contribution is 2.58. The third kappa shape index (κ3) is 1.67. The molecule has 1 aromatic rings. The number of H-pyrrole nitrogens is 1. The Morgan fingerprint density at radius 1 is 1.10 bits per heavy atom. The zero-order valence-corrected chi connectivity index (χ0v) is 10.9. The van der Waals surface area contributed by atoms with Crippen LogP contribution in [0.4, 0.5) is 13.2 Å². The van der Waals surface area contributed by atoms with E-state index in [1.807, 2.05) is 4.98 Å². The van der Waals surface area contributed by atoms with Crippen LogP contribution in [-0.4, -0.2) is 14.8 Å². The standard InChI is InChI=1S/C13H16F3N3O/c14-13(15,16)10-17-11(20)19(18-10)12-4-7-1-8(5-12)3-9(2-7)6-12/h7-9H,1-6H2,(H,17,18,20). The van der Waals surface area contributed by atoms with E-state index >= 15 is 0 Å². The Bertz CT molecular complexity index is 565. The summed E-state index contributed by atoms with van der Waals surface area (Å²) in [6.45, 7) is 0. The van der Waals surface area contributed by atoms with E-state index in [-0.39, 0.29) is 0 Å². The Kier molecular flexibility index (Phi) is 2.29. The third-order valence-electron chi connectivity index (χ3n) is 5.34. The molecule has 1 aromatic heterocycles. The first-order chi connectivity index (χ1) is 9.36. The largest absolute Gasteiger partial charge is 0.451 e. The molecule has 1 N–H and O–H groups in total. The molecule has 1 heterocycles. The molecule has 5 rings (SSSR count). The minimum Gasteiger partial charge on any atom is -0.285 e. The van der Waals surface area contributed by atoms with Crippen molar-refractivity contribution < 1.29 is 13.2 Å². The molecule has 0 aliphatic heterocycles. The van der Waals surface area contributed by atoms with Gasteiger partial charge >= 0.3 is 11.9 Å². The first-order valence-corrected chi connectivity index (χ1v) is 7.13. The summed E-state index contributed by atoms with van der Waals surface area (Å²) in [4.78, 5) is 13.8. The van der Waals surface area contributed by atoms with Crippen LogP contribution in [0.15, 0.2) is 4.79 Å². The maximum atomic E-state index is 12.7. The molecule has 110 valence electrons. The molecule has 0 aromatic carbocycles. The van der Waals surface area contributed by atoms with E-state index in [9.17, 15) is 18.0 Å². The molecule has 4 aliphatic carbocycles. The van der Waals surface area contributed by atoms with Crippen molar-refractivity contribution in [3.8, 4) is 0 Å². The Morgan fingerprint density at radius 2 is 1.60 bits per heavy atom. The predicted molar refractivity (Wildman–Crippen MR) is 64.0 cm³/mol. The number of hydrogen-bond donors (Lipinski definition) is 1. The van der Waals surface area contributed by atoms with Gasteiger partial charge in [-0.05, 0) is 56.3 Å². The van der Waals surface area contributed by atoms with Crippen LogP contribution < -0.4 is 5.69 Å². The molecule has 4 bridgehead atoms. The molecule has 7 heteroatoms. The van der Waals surface area contributed by atoms with Gasteiger partial charge in [0.15, 0.2) is 0 Å². The molecule has 0 atom stereocenters. The monoisotopic (exact) mass is 287 g/mol. The average Bonchev–Trinajstić information content (AvgIpc) is 2.69. The highest BCUT2D eigenvalue weighted by atomic mass is 19.4. The number of hydrogen-bond acceptors (Lipinski definition) is 2. The van der Waals surface area contributed by atoms with Crippen LogP contribution in [0, 0.1) is 17.8 Å². The Hall–Kier alpha value is -1.27. The second-order valence-corrected chi connectivity index (χ2v) is 6.83. The summed E-state index contributed by atoms with van der Waals surface area (Å²) in [6.07, 6.45) is 1.34. The summed E-state index contributed by atoms with van der Waals surface area (Å²) in [5.74, 6) is 0.496. The fourth-order valence-corrected chi connectivity index (χ4v) is 5.10. The predicted octanol–water partition coefficient (Wildman–Crippen LogP) is 2.52. The summed E-state index contributed by atoms with van der Waals surface area (Å²) in [6, 6.07) is 0. The molecular weight excluding hydrogens is 271 g/mol. The van der Waals surface area contributed by atoms with Crippen LogP contribution >= 0.6 is 0 Å². The first-order valence-electron chi connectivity index (χ1n) is 7.13. The zero-order chi connectivity index (χ0) is 14.1. The molecule has 20 heavy (non-hydrogen) atoms. The van der Waals surface area contributed by atoms with Gasteiger partial charge in [0.05, 0.1) is 5.54 Å². The van der Waals surface area contributed by atoms with Crippen molar-refractivity contribution in [3.05, 3.63) is 16.3 Å². The SMILES string of the molecule is O=c1[nH]c(C(F)(F)F)nn1C12CC3CC(CC(C3)C1)C2. The smallest absolute Gasteiger partial charge is 0.285 e. The maximum absolute atomic E-state index is 12.7. The van der Waals surface area contributed by atoms with Gasteiger partial charge in [0, 0.05) is 0 Å². The summed E-state index contributed by atoms with van der Waals surface area (Å²) in [5.41, 5.74) is -1.18. The lowest BCUT2D eigenvalue weighted by atomic mass is 9.53. The number of nitrogens with zero attached hydrogens (tertiary/aromatic N) is 2. The fraction of sp³-hybridized carbons (Fsp3) is 0.846. The summed E-state index contributed by atoms with van der Waals surface area (Å²) < 4.78 is 39.2. The van der Waals surface area contributed by atoms with E-state index in [4.69, 9.17) is 0 Å². The molecule has 4 fully saturated rings. The quantitative estimate of drug-likeness (QED) is 0.863. The minimum absolute atomic E-state index is 0.466. The van der Waals surface area contributed by atoms with Crippen molar-refractivity contribution in [1.82, 2.24) is 14.8 Å². The molecule has 0 spiro atoms. The number of halogens is 3. The number of aromatic nitrogens is 3. The minimum atomic E-state index is -4.59. The normalized spacial score (nSPS) is 39.5. The van der Waals surface area contributed by atoms with Gasteiger partial charge in [-0.25, -0.2) is 9.48 Å². The van der Waals surface area contributed by atoms with Crippen LogP contribution in [-0.2, 0) is 11.7 Å². The van der Waals surface area contributed by atoms with Crippen molar-refractivity contribution in [3.63, 3.8) is 0 Å². The number of alkyl halides is 3. The molecule has 0 amide bonds. The number of aromatic amines is 1. The second kappa shape index (κ2) is 3.68. The van der Waals surface area contributed by atoms with E-state index in [1.165, 1.54) is 19.3 Å². The molecule has 4 saturated carbocycles. The number of nitrogens with one attached hydrogen (secondary N) is 1. The Morgan fingerprint density at radius 3 is 2.00 bits per heavy atom. The highest BCUT2D eigenvalue weighted by molar-refractivity contribution is 5.05. The van der Waals surface area contributed by atoms with Crippen molar-refractivity contribution in [2.45, 2.75) is 50.2 Å². The lowest BCUT2D eigenvalue weighted by Crippen LogP contribution is -2.54. The lowest BCUT2D eigenvalue weighted by Gasteiger charge is -2.56. The van der Waals surface area contributed by atoms with Crippen LogP contribution in [0.2, 0.25) is 0 Å². The van der Waals surface area contributed by atoms with Gasteiger partial charge in [-0.3, -0.25) is 4.98 Å². The molecule has 4 aliphatic rings. The van der Waals surface area contributed by atoms with Crippen molar-refractivity contribution in [2.24, 2.45) is 17.8 Å². The van der Waals surface area contributed by atoms with Crippen molar-refractivity contribution in [2.75, 3.05) is 0 Å². The maximum Gasteiger partial charge on any atom is 0.451 e. The Labute approximate surface area is 113 Å². The topological polar surface area (TPSA) is 50.7 Å². The summed E-state index contributed by atoms with van der Waals surface area (Å²) in [5, 5.41) is 3.59. The molecule has 0 unspecified atom stereocenters. The van der Waals surface area contributed by atoms with Crippen molar-refractivity contribution >= 4 is 0 Å². The highest BCUT2D eigenvalue weighted by Gasteiger charge is 2.53. The van der Waals surface area contributed by atoms with Gasteiger partial charge in [-0.2, -0.15) is 13.2 Å². The van der Waals surface area contributed by atoms with Crippen LogP contribution in [0.5, 0.6) is 0 Å². The van der Waals surface area contributed by atoms with Crippen LogP contribution in [0.25, 0.3) is 0 Å².